The Morgan fingerprint density at radius 3 is 2.84 bits per heavy atom. The van der Waals surface area contributed by atoms with E-state index in [4.69, 9.17) is 9.47 Å². The summed E-state index contributed by atoms with van der Waals surface area (Å²) < 4.78 is 10.7. The van der Waals surface area contributed by atoms with E-state index in [0.717, 1.165) is 19.4 Å². The fraction of sp³-hybridized carbons (Fsp3) is 0.533. The zero-order chi connectivity index (χ0) is 13.1. The maximum absolute atomic E-state index is 12.2. The minimum Gasteiger partial charge on any atom is -0.459 e. The summed E-state index contributed by atoms with van der Waals surface area (Å²) in [4.78, 5) is 12.2. The smallest absolute Gasteiger partial charge is 0.325 e. The van der Waals surface area contributed by atoms with Crippen molar-refractivity contribution in [3.05, 3.63) is 35.9 Å². The quantitative estimate of drug-likeness (QED) is 0.773. The second-order valence-corrected chi connectivity index (χ2v) is 5.08. The monoisotopic (exact) mass is 260 g/mol. The molecule has 0 saturated carbocycles. The summed E-state index contributed by atoms with van der Waals surface area (Å²) in [6.07, 6.45) is 1.64. The molecule has 0 N–H and O–H groups in total. The van der Waals surface area contributed by atoms with Crippen molar-refractivity contribution in [1.82, 2.24) is 5.32 Å². The van der Waals surface area contributed by atoms with Crippen LogP contribution in [0.15, 0.2) is 30.3 Å². The summed E-state index contributed by atoms with van der Waals surface area (Å²) in [6, 6.07) is 9.76. The average molecular weight is 260 g/mol. The highest BCUT2D eigenvalue weighted by Crippen LogP contribution is 2.29. The fourth-order valence-electron chi connectivity index (χ4n) is 2.77. The zero-order valence-electron chi connectivity index (χ0n) is 10.8. The van der Waals surface area contributed by atoms with Gasteiger partial charge in [0.1, 0.15) is 12.1 Å². The van der Waals surface area contributed by atoms with Crippen LogP contribution < -0.4 is 5.32 Å². The number of rotatable bonds is 3. The molecule has 2 fully saturated rings. The van der Waals surface area contributed by atoms with E-state index < -0.39 is 0 Å². The maximum Gasteiger partial charge on any atom is 0.325 e. The normalized spacial score (nSPS) is 30.4. The lowest BCUT2D eigenvalue weighted by atomic mass is 9.92. The largest absolute Gasteiger partial charge is 0.459 e. The van der Waals surface area contributed by atoms with Gasteiger partial charge in [-0.2, -0.15) is 0 Å². The lowest BCUT2D eigenvalue weighted by Crippen LogP contribution is -2.35. The number of ether oxygens (including phenoxy) is 2. The van der Waals surface area contributed by atoms with Gasteiger partial charge in [-0.05, 0) is 12.0 Å². The minimum atomic E-state index is -0.344. The number of carbonyl (C=O) groups is 1. The van der Waals surface area contributed by atoms with Crippen molar-refractivity contribution in [2.45, 2.75) is 30.9 Å². The summed E-state index contributed by atoms with van der Waals surface area (Å²) in [6.45, 7) is 1.94. The maximum atomic E-state index is 12.2. The lowest BCUT2D eigenvalue weighted by molar-refractivity contribution is -0.151. The molecule has 0 aromatic heterocycles. The van der Waals surface area contributed by atoms with E-state index >= 15 is 0 Å². The van der Waals surface area contributed by atoms with E-state index in [0.29, 0.717) is 13.2 Å². The van der Waals surface area contributed by atoms with E-state index in [9.17, 15) is 4.79 Å². The Morgan fingerprint density at radius 1 is 1.26 bits per heavy atom. The van der Waals surface area contributed by atoms with Crippen LogP contribution in [0.25, 0.3) is 0 Å². The molecular formula is C15H18NO3. The van der Waals surface area contributed by atoms with E-state index in [1.807, 2.05) is 18.2 Å². The van der Waals surface area contributed by atoms with Gasteiger partial charge >= 0.3 is 5.97 Å². The van der Waals surface area contributed by atoms with Gasteiger partial charge in [-0.3, -0.25) is 4.79 Å². The summed E-state index contributed by atoms with van der Waals surface area (Å²) in [5, 5.41) is 4.42. The standard InChI is InChI=1S/C15H18NO3/c17-15(19-12-7-9-18-10-12)14-13(6-8-16-14)11-4-2-1-3-5-11/h1-5,12-14H,6-10H2/t12-,13-,14?/m1/s1. The summed E-state index contributed by atoms with van der Waals surface area (Å²) in [5.74, 6) is -0.0297. The zero-order valence-corrected chi connectivity index (χ0v) is 10.8. The first kappa shape index (κ1) is 12.6. The van der Waals surface area contributed by atoms with Crippen LogP contribution in [0.2, 0.25) is 0 Å². The van der Waals surface area contributed by atoms with Crippen LogP contribution in [0.4, 0.5) is 0 Å². The SMILES string of the molecule is O=C(O[C@@H]1CCOC1)C1[N]CC[C@@H]1c1ccccc1. The molecule has 0 spiro atoms. The van der Waals surface area contributed by atoms with Crippen LogP contribution in [0.1, 0.15) is 24.3 Å². The van der Waals surface area contributed by atoms with Gasteiger partial charge in [0.15, 0.2) is 0 Å². The number of esters is 1. The molecule has 19 heavy (non-hydrogen) atoms. The van der Waals surface area contributed by atoms with Gasteiger partial charge in [-0.15, -0.1) is 0 Å². The predicted molar refractivity (Wildman–Crippen MR) is 69.9 cm³/mol. The molecule has 1 unspecified atom stereocenters. The molecule has 1 aromatic rings. The van der Waals surface area contributed by atoms with Crippen LogP contribution in [0.5, 0.6) is 0 Å². The van der Waals surface area contributed by atoms with Crippen molar-refractivity contribution in [3.8, 4) is 0 Å². The van der Waals surface area contributed by atoms with Crippen molar-refractivity contribution in [1.29, 1.82) is 0 Å². The minimum absolute atomic E-state index is 0.0836. The molecule has 3 rings (SSSR count). The molecule has 1 aromatic carbocycles. The lowest BCUT2D eigenvalue weighted by Gasteiger charge is -2.19. The van der Waals surface area contributed by atoms with Crippen LogP contribution in [-0.2, 0) is 14.3 Å². The number of hydrogen-bond acceptors (Lipinski definition) is 3. The Kier molecular flexibility index (Phi) is 3.80. The third kappa shape index (κ3) is 2.80. The highest BCUT2D eigenvalue weighted by atomic mass is 16.6. The molecule has 2 aliphatic heterocycles. The second-order valence-electron chi connectivity index (χ2n) is 5.08. The Hall–Kier alpha value is -1.39. The molecule has 1 radical (unpaired) electrons. The Morgan fingerprint density at radius 2 is 2.11 bits per heavy atom. The molecule has 0 aliphatic carbocycles. The molecular weight excluding hydrogens is 242 g/mol. The van der Waals surface area contributed by atoms with Crippen LogP contribution in [0, 0.1) is 0 Å². The number of nitrogens with zero attached hydrogens (tertiary/aromatic N) is 1. The second kappa shape index (κ2) is 5.72. The van der Waals surface area contributed by atoms with Crippen molar-refractivity contribution in [2.24, 2.45) is 0 Å². The molecule has 0 amide bonds. The molecule has 4 nitrogen and oxygen atoms in total. The fourth-order valence-corrected chi connectivity index (χ4v) is 2.77. The number of carbonyl (C=O) groups excluding carboxylic acids is 1. The Bertz CT molecular complexity index is 428. The molecule has 0 bridgehead atoms. The Labute approximate surface area is 113 Å². The van der Waals surface area contributed by atoms with E-state index in [1.54, 1.807) is 0 Å². The van der Waals surface area contributed by atoms with Gasteiger partial charge in [0, 0.05) is 18.9 Å². The van der Waals surface area contributed by atoms with Gasteiger partial charge in [0.25, 0.3) is 0 Å². The van der Waals surface area contributed by atoms with Crippen molar-refractivity contribution >= 4 is 5.97 Å². The summed E-state index contributed by atoms with van der Waals surface area (Å²) >= 11 is 0. The van der Waals surface area contributed by atoms with Gasteiger partial charge in [0.05, 0.1) is 13.2 Å². The highest BCUT2D eigenvalue weighted by Gasteiger charge is 2.37. The molecule has 2 aliphatic rings. The van der Waals surface area contributed by atoms with E-state index in [1.165, 1.54) is 5.56 Å². The first-order chi connectivity index (χ1) is 9.34. The molecule has 2 heterocycles. The van der Waals surface area contributed by atoms with E-state index in [2.05, 4.69) is 17.4 Å². The molecule has 101 valence electrons. The van der Waals surface area contributed by atoms with Crippen LogP contribution in [0.3, 0.4) is 0 Å². The van der Waals surface area contributed by atoms with Gasteiger partial charge in [0.2, 0.25) is 0 Å². The third-order valence-electron chi connectivity index (χ3n) is 3.79. The average Bonchev–Trinajstić information content (AvgIpc) is 3.10. The summed E-state index contributed by atoms with van der Waals surface area (Å²) in [7, 11) is 0. The first-order valence-corrected chi connectivity index (χ1v) is 6.84. The van der Waals surface area contributed by atoms with Crippen molar-refractivity contribution in [2.75, 3.05) is 19.8 Å². The van der Waals surface area contributed by atoms with Crippen molar-refractivity contribution in [3.63, 3.8) is 0 Å². The third-order valence-corrected chi connectivity index (χ3v) is 3.79. The van der Waals surface area contributed by atoms with Gasteiger partial charge < -0.3 is 9.47 Å². The number of benzene rings is 1. The topological polar surface area (TPSA) is 49.6 Å². The molecule has 3 atom stereocenters. The van der Waals surface area contributed by atoms with Crippen molar-refractivity contribution < 1.29 is 14.3 Å². The first-order valence-electron chi connectivity index (χ1n) is 6.84. The molecule has 2 saturated heterocycles. The van der Waals surface area contributed by atoms with Crippen LogP contribution >= 0.6 is 0 Å². The summed E-state index contributed by atoms with van der Waals surface area (Å²) in [5.41, 5.74) is 1.17. The van der Waals surface area contributed by atoms with Gasteiger partial charge in [-0.25, -0.2) is 5.32 Å². The molecule has 4 heteroatoms. The van der Waals surface area contributed by atoms with Gasteiger partial charge in [-0.1, -0.05) is 30.3 Å². The van der Waals surface area contributed by atoms with E-state index in [-0.39, 0.29) is 24.0 Å². The Balaban J connectivity index is 1.67. The predicted octanol–water partition coefficient (Wildman–Crippen LogP) is 1.48. The highest BCUT2D eigenvalue weighted by molar-refractivity contribution is 5.78. The number of hydrogen-bond donors (Lipinski definition) is 0. The van der Waals surface area contributed by atoms with Crippen LogP contribution in [-0.4, -0.2) is 37.9 Å².